The molecule has 3 N–H and O–H groups in total. The highest BCUT2D eigenvalue weighted by molar-refractivity contribution is 5.76. The molecule has 0 aliphatic rings. The molecule has 0 heterocycles. The zero-order chi connectivity index (χ0) is 32.2. The van der Waals surface area contributed by atoms with E-state index in [1.807, 2.05) is 6.08 Å². The van der Waals surface area contributed by atoms with Gasteiger partial charge in [0.15, 0.2) is 0 Å². The molecule has 0 aliphatic heterocycles. The van der Waals surface area contributed by atoms with Crippen molar-refractivity contribution in [1.82, 2.24) is 5.32 Å². The topological polar surface area (TPSA) is 69.6 Å². The van der Waals surface area contributed by atoms with Gasteiger partial charge in [-0.2, -0.15) is 0 Å². The molecule has 256 valence electrons. The Kier molecular flexibility index (Phi) is 34.5. The standard InChI is InChI=1S/C40H73NO3/c1-3-5-7-9-11-13-15-16-17-18-19-20-21-22-23-24-26-28-30-32-34-36-40(44)41-38(37-42)39(43)35-33-31-29-27-25-14-12-10-8-6-4-2/h15-16,18-19,21-22,33,35,38-39,42-43H,3-14,17,20,23-32,34,36-37H2,1-2H3,(H,41,44)/b16-15-,19-18-,22-21-,35-33+. The normalized spacial score (nSPS) is 13.6. The number of aliphatic hydroxyl groups is 2. The molecule has 0 aliphatic carbocycles. The van der Waals surface area contributed by atoms with Crippen LogP contribution in [0.3, 0.4) is 0 Å². The number of carbonyl (C=O) groups is 1. The van der Waals surface area contributed by atoms with Crippen LogP contribution in [-0.2, 0) is 4.79 Å². The van der Waals surface area contributed by atoms with Crippen LogP contribution in [0.4, 0.5) is 0 Å². The Morgan fingerprint density at radius 2 is 0.932 bits per heavy atom. The van der Waals surface area contributed by atoms with Crippen LogP contribution < -0.4 is 5.32 Å². The third-order valence-corrected chi connectivity index (χ3v) is 8.31. The minimum absolute atomic E-state index is 0.0801. The van der Waals surface area contributed by atoms with Gasteiger partial charge in [-0.3, -0.25) is 4.79 Å². The Bertz CT molecular complexity index is 711. The number of aliphatic hydroxyl groups excluding tert-OH is 2. The van der Waals surface area contributed by atoms with Gasteiger partial charge in [-0.1, -0.05) is 165 Å². The predicted molar refractivity (Wildman–Crippen MR) is 193 cm³/mol. The highest BCUT2D eigenvalue weighted by Gasteiger charge is 2.17. The van der Waals surface area contributed by atoms with Crippen molar-refractivity contribution in [3.05, 3.63) is 48.6 Å². The molecule has 4 heteroatoms. The van der Waals surface area contributed by atoms with Crippen molar-refractivity contribution in [2.45, 2.75) is 193 Å². The average Bonchev–Trinajstić information content (AvgIpc) is 3.03. The first-order valence-electron chi connectivity index (χ1n) is 18.9. The highest BCUT2D eigenvalue weighted by Crippen LogP contribution is 2.12. The van der Waals surface area contributed by atoms with Crippen molar-refractivity contribution in [3.8, 4) is 0 Å². The van der Waals surface area contributed by atoms with Crippen molar-refractivity contribution in [3.63, 3.8) is 0 Å². The summed E-state index contributed by atoms with van der Waals surface area (Å²) in [7, 11) is 0. The van der Waals surface area contributed by atoms with Crippen LogP contribution in [-0.4, -0.2) is 34.9 Å². The quantitative estimate of drug-likeness (QED) is 0.0508. The Morgan fingerprint density at radius 3 is 1.39 bits per heavy atom. The third kappa shape index (κ3) is 31.8. The maximum absolute atomic E-state index is 12.3. The fourth-order valence-electron chi connectivity index (χ4n) is 5.36. The molecule has 4 nitrogen and oxygen atoms in total. The molecule has 0 aromatic carbocycles. The number of hydrogen-bond acceptors (Lipinski definition) is 3. The molecule has 0 rings (SSSR count). The minimum Gasteiger partial charge on any atom is -0.394 e. The van der Waals surface area contributed by atoms with Crippen molar-refractivity contribution in [1.29, 1.82) is 0 Å². The monoisotopic (exact) mass is 616 g/mol. The molecule has 0 saturated heterocycles. The van der Waals surface area contributed by atoms with Gasteiger partial charge in [-0.25, -0.2) is 0 Å². The molecular weight excluding hydrogens is 542 g/mol. The lowest BCUT2D eigenvalue weighted by Crippen LogP contribution is -2.45. The lowest BCUT2D eigenvalue weighted by atomic mass is 10.1. The van der Waals surface area contributed by atoms with Gasteiger partial charge < -0.3 is 15.5 Å². The summed E-state index contributed by atoms with van der Waals surface area (Å²) < 4.78 is 0. The van der Waals surface area contributed by atoms with Gasteiger partial charge in [0.25, 0.3) is 0 Å². The number of nitrogens with one attached hydrogen (secondary N) is 1. The molecule has 2 atom stereocenters. The fraction of sp³-hybridized carbons (Fsp3) is 0.775. The van der Waals surface area contributed by atoms with E-state index in [0.717, 1.165) is 51.4 Å². The van der Waals surface area contributed by atoms with Crippen molar-refractivity contribution >= 4 is 5.91 Å². The second kappa shape index (κ2) is 35.8. The predicted octanol–water partition coefficient (Wildman–Crippen LogP) is 11.2. The van der Waals surface area contributed by atoms with Crippen LogP contribution in [0, 0.1) is 0 Å². The van der Waals surface area contributed by atoms with E-state index in [1.165, 1.54) is 109 Å². The zero-order valence-corrected chi connectivity index (χ0v) is 29.2. The van der Waals surface area contributed by atoms with Crippen molar-refractivity contribution < 1.29 is 15.0 Å². The minimum atomic E-state index is -0.843. The Balaban J connectivity index is 3.66. The number of hydrogen-bond donors (Lipinski definition) is 3. The molecule has 2 unspecified atom stereocenters. The van der Waals surface area contributed by atoms with E-state index in [4.69, 9.17) is 0 Å². The first-order chi connectivity index (χ1) is 21.7. The summed E-state index contributed by atoms with van der Waals surface area (Å²) in [6.45, 7) is 4.26. The Morgan fingerprint density at radius 1 is 0.545 bits per heavy atom. The second-order valence-corrected chi connectivity index (χ2v) is 12.6. The van der Waals surface area contributed by atoms with Crippen LogP contribution in [0.15, 0.2) is 48.6 Å². The van der Waals surface area contributed by atoms with E-state index in [2.05, 4.69) is 55.6 Å². The Hall–Kier alpha value is -1.65. The van der Waals surface area contributed by atoms with E-state index in [0.29, 0.717) is 6.42 Å². The van der Waals surface area contributed by atoms with E-state index in [1.54, 1.807) is 6.08 Å². The van der Waals surface area contributed by atoms with Gasteiger partial charge in [0.1, 0.15) is 0 Å². The molecule has 0 radical (unpaired) electrons. The molecule has 0 aromatic rings. The van der Waals surface area contributed by atoms with Gasteiger partial charge >= 0.3 is 0 Å². The summed E-state index contributed by atoms with van der Waals surface area (Å²) in [5, 5.41) is 22.8. The number of carbonyl (C=O) groups excluding carboxylic acids is 1. The van der Waals surface area contributed by atoms with Gasteiger partial charge in [0.05, 0.1) is 18.8 Å². The van der Waals surface area contributed by atoms with Crippen molar-refractivity contribution in [2.75, 3.05) is 6.61 Å². The third-order valence-electron chi connectivity index (χ3n) is 8.31. The zero-order valence-electron chi connectivity index (χ0n) is 29.2. The molecule has 0 fully saturated rings. The number of amides is 1. The van der Waals surface area contributed by atoms with Gasteiger partial charge in [0.2, 0.25) is 5.91 Å². The molecule has 0 saturated carbocycles. The average molecular weight is 616 g/mol. The van der Waals surface area contributed by atoms with Crippen LogP contribution in [0.5, 0.6) is 0 Å². The highest BCUT2D eigenvalue weighted by atomic mass is 16.3. The summed E-state index contributed by atoms with van der Waals surface area (Å²) in [5.74, 6) is -0.0801. The Labute approximate surface area is 274 Å². The van der Waals surface area contributed by atoms with Gasteiger partial charge in [-0.15, -0.1) is 0 Å². The first-order valence-corrected chi connectivity index (χ1v) is 18.9. The molecule has 0 spiro atoms. The van der Waals surface area contributed by atoms with Gasteiger partial charge in [0, 0.05) is 6.42 Å². The molecular formula is C40H73NO3. The lowest BCUT2D eigenvalue weighted by molar-refractivity contribution is -0.123. The van der Waals surface area contributed by atoms with E-state index < -0.39 is 12.1 Å². The molecule has 0 bridgehead atoms. The second-order valence-electron chi connectivity index (χ2n) is 12.6. The summed E-state index contributed by atoms with van der Waals surface area (Å²) in [6.07, 6.45) is 47.6. The smallest absolute Gasteiger partial charge is 0.220 e. The van der Waals surface area contributed by atoms with E-state index in [-0.39, 0.29) is 12.5 Å². The summed E-state index contributed by atoms with van der Waals surface area (Å²) in [4.78, 5) is 12.3. The maximum Gasteiger partial charge on any atom is 0.220 e. The number of rotatable bonds is 33. The van der Waals surface area contributed by atoms with Crippen LogP contribution in [0.2, 0.25) is 0 Å². The van der Waals surface area contributed by atoms with E-state index in [9.17, 15) is 15.0 Å². The van der Waals surface area contributed by atoms with E-state index >= 15 is 0 Å². The van der Waals surface area contributed by atoms with Gasteiger partial charge in [-0.05, 0) is 57.8 Å². The molecule has 1 amide bonds. The van der Waals surface area contributed by atoms with Crippen LogP contribution in [0.25, 0.3) is 0 Å². The number of unbranched alkanes of at least 4 members (excludes halogenated alkanes) is 20. The molecule has 44 heavy (non-hydrogen) atoms. The summed E-state index contributed by atoms with van der Waals surface area (Å²) in [5.41, 5.74) is 0. The lowest BCUT2D eigenvalue weighted by Gasteiger charge is -2.20. The number of allylic oxidation sites excluding steroid dienone is 7. The van der Waals surface area contributed by atoms with Crippen LogP contribution in [0.1, 0.15) is 181 Å². The largest absolute Gasteiger partial charge is 0.394 e. The maximum atomic E-state index is 12.3. The fourth-order valence-corrected chi connectivity index (χ4v) is 5.36. The summed E-state index contributed by atoms with van der Waals surface area (Å²) in [6, 6.07) is -0.628. The molecule has 0 aromatic heterocycles. The SMILES string of the molecule is CCCCCCC/C=C\C/C=C\C/C=C\CCCCCCCCC(=O)NC(CO)C(O)/C=C/CCCCCCCCCCC. The van der Waals surface area contributed by atoms with Crippen molar-refractivity contribution in [2.24, 2.45) is 0 Å². The first kappa shape index (κ1) is 42.3. The summed E-state index contributed by atoms with van der Waals surface area (Å²) >= 11 is 0. The van der Waals surface area contributed by atoms with Crippen LogP contribution >= 0.6 is 0 Å².